The highest BCUT2D eigenvalue weighted by Gasteiger charge is 2.37. The summed E-state index contributed by atoms with van der Waals surface area (Å²) in [5.74, 6) is -0.109. The Kier molecular flexibility index (Phi) is 6.03. The number of piperidine rings is 1. The summed E-state index contributed by atoms with van der Waals surface area (Å²) in [6.07, 6.45) is 0.301. The normalized spacial score (nSPS) is 17.0. The quantitative estimate of drug-likeness (QED) is 0.814. The first-order valence-corrected chi connectivity index (χ1v) is 9.74. The molecule has 29 heavy (non-hydrogen) atoms. The lowest BCUT2D eigenvalue weighted by Crippen LogP contribution is -2.45. The third kappa shape index (κ3) is 4.80. The molecular weight excluding hydrogens is 383 g/mol. The number of alkyl halides is 3. The second-order valence-electron chi connectivity index (χ2n) is 8.13. The van der Waals surface area contributed by atoms with Crippen LogP contribution in [0.4, 0.5) is 13.2 Å². The lowest BCUT2D eigenvalue weighted by Gasteiger charge is -2.41. The third-order valence-electron chi connectivity index (χ3n) is 5.66. The van der Waals surface area contributed by atoms with Crippen molar-refractivity contribution in [2.24, 2.45) is 5.41 Å². The summed E-state index contributed by atoms with van der Waals surface area (Å²) >= 11 is 0. The molecule has 1 saturated heterocycles. The number of hydrogen-bond acceptors (Lipinski definition) is 3. The molecule has 1 aromatic heterocycles. The molecule has 1 fully saturated rings. The molecule has 0 saturated carbocycles. The highest BCUT2D eigenvalue weighted by molar-refractivity contribution is 5.93. The van der Waals surface area contributed by atoms with Crippen molar-refractivity contribution in [3.63, 3.8) is 0 Å². The molecular formula is C21H26F3N3O2. The van der Waals surface area contributed by atoms with Crippen LogP contribution in [0.25, 0.3) is 0 Å². The van der Waals surface area contributed by atoms with Crippen LogP contribution < -0.4 is 0 Å². The first kappa shape index (κ1) is 21.4. The standard InChI is InChI=1S/C21H26F3N3O2/c1-15(2)27-13-17(12-25-27)19(29)26-8-6-20(14-28,7-9-26)11-16-4-3-5-18(10-16)21(22,23)24/h3-5,10,12-13,15,28H,6-9,11,14H2,1-2H3. The Labute approximate surface area is 168 Å². The van der Waals surface area contributed by atoms with Crippen molar-refractivity contribution in [3.8, 4) is 0 Å². The Morgan fingerprint density at radius 2 is 1.97 bits per heavy atom. The Hall–Kier alpha value is -2.35. The van der Waals surface area contributed by atoms with Crippen molar-refractivity contribution in [2.75, 3.05) is 19.7 Å². The van der Waals surface area contributed by atoms with E-state index in [0.717, 1.165) is 12.1 Å². The number of hydrogen-bond donors (Lipinski definition) is 1. The topological polar surface area (TPSA) is 58.4 Å². The Bertz CT molecular complexity index is 853. The first-order chi connectivity index (χ1) is 13.6. The summed E-state index contributed by atoms with van der Waals surface area (Å²) in [6, 6.07) is 5.41. The molecule has 8 heteroatoms. The molecule has 5 nitrogen and oxygen atoms in total. The maximum absolute atomic E-state index is 13.0. The third-order valence-corrected chi connectivity index (χ3v) is 5.66. The number of carbonyl (C=O) groups excluding carboxylic acids is 1. The van der Waals surface area contributed by atoms with E-state index in [1.165, 1.54) is 6.07 Å². The largest absolute Gasteiger partial charge is 0.416 e. The molecule has 1 aromatic carbocycles. The van der Waals surface area contributed by atoms with Crippen molar-refractivity contribution in [1.29, 1.82) is 0 Å². The SMILES string of the molecule is CC(C)n1cc(C(=O)N2CCC(CO)(Cc3cccc(C(F)(F)F)c3)CC2)cn1. The first-order valence-electron chi connectivity index (χ1n) is 9.74. The van der Waals surface area contributed by atoms with Crippen LogP contribution in [0.5, 0.6) is 0 Å². The second-order valence-corrected chi connectivity index (χ2v) is 8.13. The zero-order chi connectivity index (χ0) is 21.2. The molecule has 0 aliphatic carbocycles. The minimum Gasteiger partial charge on any atom is -0.396 e. The van der Waals surface area contributed by atoms with E-state index in [4.69, 9.17) is 0 Å². The van der Waals surface area contributed by atoms with Gasteiger partial charge in [0.1, 0.15) is 0 Å². The summed E-state index contributed by atoms with van der Waals surface area (Å²) in [5, 5.41) is 14.2. The minimum absolute atomic E-state index is 0.109. The van der Waals surface area contributed by atoms with E-state index in [-0.39, 0.29) is 18.6 Å². The molecule has 0 unspecified atom stereocenters. The van der Waals surface area contributed by atoms with E-state index in [1.54, 1.807) is 28.0 Å². The van der Waals surface area contributed by atoms with E-state index in [0.29, 0.717) is 43.5 Å². The van der Waals surface area contributed by atoms with Gasteiger partial charge in [-0.2, -0.15) is 18.3 Å². The van der Waals surface area contributed by atoms with E-state index in [2.05, 4.69) is 5.10 Å². The molecule has 3 rings (SSSR count). The van der Waals surface area contributed by atoms with Crippen molar-refractivity contribution in [2.45, 2.75) is 45.3 Å². The van der Waals surface area contributed by atoms with Crippen LogP contribution in [-0.4, -0.2) is 45.4 Å². The molecule has 1 aliphatic rings. The van der Waals surface area contributed by atoms with Gasteiger partial charge in [0.2, 0.25) is 0 Å². The van der Waals surface area contributed by atoms with E-state index >= 15 is 0 Å². The zero-order valence-electron chi connectivity index (χ0n) is 16.6. The van der Waals surface area contributed by atoms with Gasteiger partial charge in [-0.1, -0.05) is 18.2 Å². The van der Waals surface area contributed by atoms with Crippen LogP contribution >= 0.6 is 0 Å². The molecule has 0 atom stereocenters. The fraction of sp³-hybridized carbons (Fsp3) is 0.524. The molecule has 2 aromatic rings. The maximum Gasteiger partial charge on any atom is 0.416 e. The molecule has 158 valence electrons. The van der Waals surface area contributed by atoms with Gasteiger partial charge < -0.3 is 10.0 Å². The van der Waals surface area contributed by atoms with Crippen LogP contribution in [0.2, 0.25) is 0 Å². The highest BCUT2D eigenvalue weighted by Crippen LogP contribution is 2.37. The van der Waals surface area contributed by atoms with Crippen LogP contribution in [-0.2, 0) is 12.6 Å². The van der Waals surface area contributed by atoms with Gasteiger partial charge in [0.25, 0.3) is 5.91 Å². The molecule has 0 spiro atoms. The van der Waals surface area contributed by atoms with Gasteiger partial charge >= 0.3 is 6.18 Å². The molecule has 2 heterocycles. The van der Waals surface area contributed by atoms with Gasteiger partial charge in [-0.25, -0.2) is 0 Å². The molecule has 1 amide bonds. The van der Waals surface area contributed by atoms with Gasteiger partial charge in [0, 0.05) is 37.4 Å². The number of likely N-dealkylation sites (tertiary alicyclic amines) is 1. The number of carbonyl (C=O) groups is 1. The zero-order valence-corrected chi connectivity index (χ0v) is 16.6. The van der Waals surface area contributed by atoms with Crippen molar-refractivity contribution in [1.82, 2.24) is 14.7 Å². The molecule has 0 bridgehead atoms. The molecule has 1 N–H and O–H groups in total. The van der Waals surface area contributed by atoms with E-state index in [1.807, 2.05) is 13.8 Å². The highest BCUT2D eigenvalue weighted by atomic mass is 19.4. The average molecular weight is 409 g/mol. The number of aliphatic hydroxyl groups is 1. The van der Waals surface area contributed by atoms with Gasteiger partial charge in [-0.15, -0.1) is 0 Å². The minimum atomic E-state index is -4.39. The van der Waals surface area contributed by atoms with Crippen LogP contribution in [0, 0.1) is 5.41 Å². The average Bonchev–Trinajstić information content (AvgIpc) is 3.18. The molecule has 0 radical (unpaired) electrons. The van der Waals surface area contributed by atoms with Gasteiger partial charge in [-0.3, -0.25) is 9.48 Å². The number of aliphatic hydroxyl groups excluding tert-OH is 1. The van der Waals surface area contributed by atoms with Crippen LogP contribution in [0.1, 0.15) is 54.2 Å². The second kappa shape index (κ2) is 8.18. The van der Waals surface area contributed by atoms with E-state index < -0.39 is 17.2 Å². The monoisotopic (exact) mass is 409 g/mol. The fourth-order valence-electron chi connectivity index (χ4n) is 3.78. The number of nitrogens with zero attached hydrogens (tertiary/aromatic N) is 3. The molecule has 1 aliphatic heterocycles. The number of rotatable bonds is 5. The summed E-state index contributed by atoms with van der Waals surface area (Å²) in [7, 11) is 0. The van der Waals surface area contributed by atoms with Gasteiger partial charge in [-0.05, 0) is 44.7 Å². The van der Waals surface area contributed by atoms with Crippen molar-refractivity contribution < 1.29 is 23.1 Å². The Balaban J connectivity index is 1.67. The predicted molar refractivity (Wildman–Crippen MR) is 102 cm³/mol. The van der Waals surface area contributed by atoms with E-state index in [9.17, 15) is 23.1 Å². The number of benzene rings is 1. The fourth-order valence-corrected chi connectivity index (χ4v) is 3.78. The Morgan fingerprint density at radius 1 is 1.28 bits per heavy atom. The lowest BCUT2D eigenvalue weighted by atomic mass is 9.74. The number of amides is 1. The Morgan fingerprint density at radius 3 is 2.52 bits per heavy atom. The van der Waals surface area contributed by atoms with Crippen LogP contribution in [0.15, 0.2) is 36.7 Å². The number of aromatic nitrogens is 2. The summed E-state index contributed by atoms with van der Waals surface area (Å²) < 4.78 is 40.7. The summed E-state index contributed by atoms with van der Waals surface area (Å²) in [4.78, 5) is 14.5. The van der Waals surface area contributed by atoms with Crippen molar-refractivity contribution in [3.05, 3.63) is 53.3 Å². The maximum atomic E-state index is 13.0. The van der Waals surface area contributed by atoms with Crippen molar-refractivity contribution >= 4 is 5.91 Å². The number of halogens is 3. The predicted octanol–water partition coefficient (Wildman–Crippen LogP) is 3.94. The van der Waals surface area contributed by atoms with Gasteiger partial charge in [0.15, 0.2) is 0 Å². The summed E-state index contributed by atoms with van der Waals surface area (Å²) in [6.45, 7) is 4.73. The summed E-state index contributed by atoms with van der Waals surface area (Å²) in [5.41, 5.74) is -0.138. The lowest BCUT2D eigenvalue weighted by molar-refractivity contribution is -0.137. The van der Waals surface area contributed by atoms with Gasteiger partial charge in [0.05, 0.1) is 17.3 Å². The van der Waals surface area contributed by atoms with Crippen LogP contribution in [0.3, 0.4) is 0 Å². The smallest absolute Gasteiger partial charge is 0.396 e.